The van der Waals surface area contributed by atoms with Crippen LogP contribution in [0, 0.1) is 0 Å². The second-order valence-corrected chi connectivity index (χ2v) is 6.85. The third-order valence-corrected chi connectivity index (χ3v) is 5.09. The van der Waals surface area contributed by atoms with Gasteiger partial charge in [0.1, 0.15) is 11.2 Å². The van der Waals surface area contributed by atoms with Gasteiger partial charge in [0, 0.05) is 5.69 Å². The maximum atomic E-state index is 13.9. The number of hydrogen-bond donors (Lipinski definition) is 2. The standard InChI is InChI=1S/C26H21NO2/c28-24-18-16-23(17-19-24)27-25(29)26(20-10-4-1-5-11-20,21-12-6-2-7-13-21)22-14-8-3-9-15-22/h1-19,28H,(H,27,29). The minimum absolute atomic E-state index is 0.156. The Labute approximate surface area is 170 Å². The van der Waals surface area contributed by atoms with Crippen molar-refractivity contribution in [3.63, 3.8) is 0 Å². The number of amides is 1. The van der Waals surface area contributed by atoms with Crippen LogP contribution in [0.15, 0.2) is 115 Å². The molecular weight excluding hydrogens is 358 g/mol. The van der Waals surface area contributed by atoms with Crippen LogP contribution in [-0.2, 0) is 10.2 Å². The molecule has 0 aliphatic rings. The molecule has 0 aromatic heterocycles. The number of rotatable bonds is 5. The Balaban J connectivity index is 1.94. The van der Waals surface area contributed by atoms with Crippen LogP contribution in [0.1, 0.15) is 16.7 Å². The Morgan fingerprint density at radius 2 is 0.966 bits per heavy atom. The number of phenolic OH excluding ortho intramolecular Hbond substituents is 1. The molecule has 0 unspecified atom stereocenters. The van der Waals surface area contributed by atoms with Gasteiger partial charge in [0.05, 0.1) is 0 Å². The van der Waals surface area contributed by atoms with Crippen LogP contribution in [0.5, 0.6) is 5.75 Å². The summed E-state index contributed by atoms with van der Waals surface area (Å²) in [6.07, 6.45) is 0. The van der Waals surface area contributed by atoms with Crippen molar-refractivity contribution >= 4 is 11.6 Å². The largest absolute Gasteiger partial charge is 0.508 e. The van der Waals surface area contributed by atoms with Crippen LogP contribution >= 0.6 is 0 Å². The third-order valence-electron chi connectivity index (χ3n) is 5.09. The number of benzene rings is 4. The molecule has 0 fully saturated rings. The molecule has 1 amide bonds. The molecule has 0 aliphatic heterocycles. The average molecular weight is 379 g/mol. The van der Waals surface area contributed by atoms with Gasteiger partial charge < -0.3 is 10.4 Å². The zero-order valence-corrected chi connectivity index (χ0v) is 15.8. The minimum atomic E-state index is -1.03. The summed E-state index contributed by atoms with van der Waals surface area (Å²) in [6.45, 7) is 0. The quantitative estimate of drug-likeness (QED) is 0.362. The van der Waals surface area contributed by atoms with Crippen molar-refractivity contribution in [2.45, 2.75) is 5.41 Å². The van der Waals surface area contributed by atoms with E-state index in [1.165, 1.54) is 0 Å². The van der Waals surface area contributed by atoms with E-state index in [-0.39, 0.29) is 11.7 Å². The molecule has 0 saturated carbocycles. The van der Waals surface area contributed by atoms with E-state index in [0.29, 0.717) is 5.69 Å². The molecule has 3 heteroatoms. The monoisotopic (exact) mass is 379 g/mol. The van der Waals surface area contributed by atoms with Gasteiger partial charge in [-0.1, -0.05) is 91.0 Å². The van der Waals surface area contributed by atoms with Crippen molar-refractivity contribution in [3.05, 3.63) is 132 Å². The van der Waals surface area contributed by atoms with Gasteiger partial charge in [0.25, 0.3) is 0 Å². The van der Waals surface area contributed by atoms with Crippen LogP contribution in [0.2, 0.25) is 0 Å². The predicted molar refractivity (Wildman–Crippen MR) is 116 cm³/mol. The summed E-state index contributed by atoms with van der Waals surface area (Å²) < 4.78 is 0. The molecule has 4 rings (SSSR count). The molecule has 0 radical (unpaired) electrons. The summed E-state index contributed by atoms with van der Waals surface area (Å²) in [5.74, 6) is -0.00442. The molecule has 0 atom stereocenters. The van der Waals surface area contributed by atoms with Crippen molar-refractivity contribution in [2.75, 3.05) is 5.32 Å². The summed E-state index contributed by atoms with van der Waals surface area (Å²) in [6, 6.07) is 35.9. The highest BCUT2D eigenvalue weighted by Crippen LogP contribution is 2.40. The fourth-order valence-corrected chi connectivity index (χ4v) is 3.73. The molecule has 4 aromatic carbocycles. The second-order valence-electron chi connectivity index (χ2n) is 6.85. The Morgan fingerprint density at radius 1 is 0.586 bits per heavy atom. The normalized spacial score (nSPS) is 11.0. The number of hydrogen-bond acceptors (Lipinski definition) is 2. The van der Waals surface area contributed by atoms with Crippen LogP contribution in [0.4, 0.5) is 5.69 Å². The number of phenols is 1. The maximum Gasteiger partial charge on any atom is 0.244 e. The van der Waals surface area contributed by atoms with E-state index >= 15 is 0 Å². The lowest BCUT2D eigenvalue weighted by molar-refractivity contribution is -0.119. The lowest BCUT2D eigenvalue weighted by Gasteiger charge is -2.34. The Hall–Kier alpha value is -3.85. The molecule has 0 saturated heterocycles. The van der Waals surface area contributed by atoms with Gasteiger partial charge in [-0.25, -0.2) is 0 Å². The highest BCUT2D eigenvalue weighted by Gasteiger charge is 2.43. The molecule has 0 aliphatic carbocycles. The van der Waals surface area contributed by atoms with Gasteiger partial charge in [-0.15, -0.1) is 0 Å². The number of anilines is 1. The molecular formula is C26H21NO2. The first-order valence-corrected chi connectivity index (χ1v) is 9.48. The zero-order valence-electron chi connectivity index (χ0n) is 15.8. The summed E-state index contributed by atoms with van der Waals surface area (Å²) in [7, 11) is 0. The lowest BCUT2D eigenvalue weighted by atomic mass is 9.68. The van der Waals surface area contributed by atoms with Crippen molar-refractivity contribution in [3.8, 4) is 5.75 Å². The number of nitrogens with one attached hydrogen (secondary N) is 1. The van der Waals surface area contributed by atoms with Gasteiger partial charge >= 0.3 is 0 Å². The van der Waals surface area contributed by atoms with Gasteiger partial charge in [-0.3, -0.25) is 4.79 Å². The van der Waals surface area contributed by atoms with Crippen LogP contribution < -0.4 is 5.32 Å². The van der Waals surface area contributed by atoms with Crippen LogP contribution in [-0.4, -0.2) is 11.0 Å². The summed E-state index contributed by atoms with van der Waals surface area (Å²) in [4.78, 5) is 13.9. The third kappa shape index (κ3) is 3.50. The lowest BCUT2D eigenvalue weighted by Crippen LogP contribution is -2.42. The average Bonchev–Trinajstić information content (AvgIpc) is 2.78. The van der Waals surface area contributed by atoms with Gasteiger partial charge in [-0.2, -0.15) is 0 Å². The molecule has 4 aromatic rings. The van der Waals surface area contributed by atoms with E-state index in [9.17, 15) is 9.90 Å². The fraction of sp³-hybridized carbons (Fsp3) is 0.0385. The highest BCUT2D eigenvalue weighted by molar-refractivity contribution is 6.04. The number of carbonyl (C=O) groups excluding carboxylic acids is 1. The minimum Gasteiger partial charge on any atom is -0.508 e. The van der Waals surface area contributed by atoms with Gasteiger partial charge in [0.15, 0.2) is 0 Å². The first-order chi connectivity index (χ1) is 14.2. The first kappa shape index (κ1) is 18.5. The highest BCUT2D eigenvalue weighted by atomic mass is 16.3. The Morgan fingerprint density at radius 3 is 1.34 bits per heavy atom. The van der Waals surface area contributed by atoms with Crippen LogP contribution in [0.3, 0.4) is 0 Å². The molecule has 0 spiro atoms. The second kappa shape index (κ2) is 8.03. The summed E-state index contributed by atoms with van der Waals surface area (Å²) in [5.41, 5.74) is 2.25. The fourth-order valence-electron chi connectivity index (χ4n) is 3.73. The van der Waals surface area contributed by atoms with Crippen molar-refractivity contribution in [1.29, 1.82) is 0 Å². The smallest absolute Gasteiger partial charge is 0.244 e. The van der Waals surface area contributed by atoms with E-state index in [2.05, 4.69) is 5.32 Å². The van der Waals surface area contributed by atoms with Crippen LogP contribution in [0.25, 0.3) is 0 Å². The Bertz CT molecular complexity index is 979. The van der Waals surface area contributed by atoms with Crippen molar-refractivity contribution in [2.24, 2.45) is 0 Å². The topological polar surface area (TPSA) is 49.3 Å². The predicted octanol–water partition coefficient (Wildman–Crippen LogP) is 5.37. The molecule has 142 valence electrons. The summed E-state index contributed by atoms with van der Waals surface area (Å²) in [5, 5.41) is 12.6. The van der Waals surface area contributed by atoms with Crippen molar-refractivity contribution in [1.82, 2.24) is 0 Å². The number of carbonyl (C=O) groups is 1. The van der Waals surface area contributed by atoms with E-state index < -0.39 is 5.41 Å². The first-order valence-electron chi connectivity index (χ1n) is 9.48. The van der Waals surface area contributed by atoms with E-state index in [4.69, 9.17) is 0 Å². The van der Waals surface area contributed by atoms with Gasteiger partial charge in [-0.05, 0) is 41.0 Å². The molecule has 3 nitrogen and oxygen atoms in total. The van der Waals surface area contributed by atoms with E-state index in [0.717, 1.165) is 16.7 Å². The number of aromatic hydroxyl groups is 1. The summed E-state index contributed by atoms with van der Waals surface area (Å²) >= 11 is 0. The Kier molecular flexibility index (Phi) is 5.12. The SMILES string of the molecule is O=C(Nc1ccc(O)cc1)C(c1ccccc1)(c1ccccc1)c1ccccc1. The molecule has 0 bridgehead atoms. The molecule has 2 N–H and O–H groups in total. The maximum absolute atomic E-state index is 13.9. The van der Waals surface area contributed by atoms with E-state index in [1.54, 1.807) is 24.3 Å². The van der Waals surface area contributed by atoms with E-state index in [1.807, 2.05) is 91.0 Å². The van der Waals surface area contributed by atoms with Crippen molar-refractivity contribution < 1.29 is 9.90 Å². The molecule has 0 heterocycles. The molecule has 29 heavy (non-hydrogen) atoms. The zero-order chi connectivity index (χ0) is 20.1. The van der Waals surface area contributed by atoms with Gasteiger partial charge in [0.2, 0.25) is 5.91 Å².